The van der Waals surface area contributed by atoms with Crippen LogP contribution in [0.2, 0.25) is 0 Å². The lowest BCUT2D eigenvalue weighted by Crippen LogP contribution is -2.34. The van der Waals surface area contributed by atoms with Crippen LogP contribution >= 0.6 is 31.9 Å². The first-order valence-corrected chi connectivity index (χ1v) is 7.46. The number of rotatable bonds is 6. The lowest BCUT2D eigenvalue weighted by Gasteiger charge is -2.19. The van der Waals surface area contributed by atoms with Crippen LogP contribution in [0.1, 0.15) is 26.3 Å². The van der Waals surface area contributed by atoms with Gasteiger partial charge < -0.3 is 15.2 Å². The third-order valence-electron chi connectivity index (χ3n) is 2.25. The Hall–Kier alpha value is -0.100. The summed E-state index contributed by atoms with van der Waals surface area (Å²) in [6.07, 6.45) is 0. The summed E-state index contributed by atoms with van der Waals surface area (Å²) in [6.45, 7) is 7.32. The molecule has 0 fully saturated rings. The van der Waals surface area contributed by atoms with Gasteiger partial charge in [-0.05, 0) is 48.8 Å². The van der Waals surface area contributed by atoms with E-state index in [4.69, 9.17) is 4.74 Å². The number of nitrogens with one attached hydrogen (secondary N) is 1. The average molecular weight is 381 g/mol. The number of hydrogen-bond acceptors (Lipinski definition) is 3. The van der Waals surface area contributed by atoms with Gasteiger partial charge in [0.15, 0.2) is 0 Å². The van der Waals surface area contributed by atoms with Gasteiger partial charge in [0.1, 0.15) is 5.75 Å². The topological polar surface area (TPSA) is 41.5 Å². The van der Waals surface area contributed by atoms with Crippen molar-refractivity contribution in [1.82, 2.24) is 5.32 Å². The van der Waals surface area contributed by atoms with Crippen LogP contribution in [0.5, 0.6) is 5.75 Å². The smallest absolute Gasteiger partial charge is 0.138 e. The standard InChI is InChI=1S/C13H19Br2NO2/c1-4-18-12-9(5-10(14)6-11(12)15)7-16-8-13(2,3)17/h5-6,16-17H,4,7-8H2,1-3H3. The van der Waals surface area contributed by atoms with Crippen LogP contribution in [0.4, 0.5) is 0 Å². The average Bonchev–Trinajstić information content (AvgIpc) is 2.21. The van der Waals surface area contributed by atoms with E-state index < -0.39 is 5.60 Å². The summed E-state index contributed by atoms with van der Waals surface area (Å²) in [7, 11) is 0. The van der Waals surface area contributed by atoms with Crippen LogP contribution in [0.25, 0.3) is 0 Å². The molecule has 1 aromatic rings. The monoisotopic (exact) mass is 379 g/mol. The molecular formula is C13H19Br2NO2. The molecule has 1 aromatic carbocycles. The highest BCUT2D eigenvalue weighted by Crippen LogP contribution is 2.32. The van der Waals surface area contributed by atoms with Crippen molar-refractivity contribution < 1.29 is 9.84 Å². The zero-order valence-electron chi connectivity index (χ0n) is 10.9. The lowest BCUT2D eigenvalue weighted by atomic mass is 10.1. The second-order valence-electron chi connectivity index (χ2n) is 4.72. The molecule has 0 saturated heterocycles. The van der Waals surface area contributed by atoms with Gasteiger partial charge in [0, 0.05) is 23.1 Å². The number of benzene rings is 1. The minimum Gasteiger partial charge on any atom is -0.492 e. The quantitative estimate of drug-likeness (QED) is 0.793. The molecule has 0 atom stereocenters. The Labute approximate surface area is 125 Å². The first kappa shape index (κ1) is 16.0. The van der Waals surface area contributed by atoms with Crippen LogP contribution in [-0.4, -0.2) is 23.9 Å². The number of hydrogen-bond donors (Lipinski definition) is 2. The minimum atomic E-state index is -0.713. The number of ether oxygens (including phenoxy) is 1. The minimum absolute atomic E-state index is 0.530. The summed E-state index contributed by atoms with van der Waals surface area (Å²) < 4.78 is 7.56. The van der Waals surface area contributed by atoms with Gasteiger partial charge in [-0.3, -0.25) is 0 Å². The maximum Gasteiger partial charge on any atom is 0.138 e. The van der Waals surface area contributed by atoms with E-state index in [1.165, 1.54) is 0 Å². The lowest BCUT2D eigenvalue weighted by molar-refractivity contribution is 0.0794. The van der Waals surface area contributed by atoms with Crippen molar-refractivity contribution in [3.63, 3.8) is 0 Å². The van der Waals surface area contributed by atoms with Crippen LogP contribution in [0.3, 0.4) is 0 Å². The van der Waals surface area contributed by atoms with Crippen molar-refractivity contribution in [1.29, 1.82) is 0 Å². The Morgan fingerprint density at radius 3 is 2.56 bits per heavy atom. The SMILES string of the molecule is CCOc1c(Br)cc(Br)cc1CNCC(C)(C)O. The molecule has 0 spiro atoms. The molecule has 0 aromatic heterocycles. The van der Waals surface area contributed by atoms with Gasteiger partial charge in [0.2, 0.25) is 0 Å². The van der Waals surface area contributed by atoms with Crippen LogP contribution in [0.15, 0.2) is 21.1 Å². The molecule has 0 aliphatic rings. The largest absolute Gasteiger partial charge is 0.492 e. The molecule has 0 bridgehead atoms. The molecule has 18 heavy (non-hydrogen) atoms. The van der Waals surface area contributed by atoms with Gasteiger partial charge in [0.25, 0.3) is 0 Å². The normalized spacial score (nSPS) is 11.7. The van der Waals surface area contributed by atoms with Crippen LogP contribution < -0.4 is 10.1 Å². The summed E-state index contributed by atoms with van der Waals surface area (Å²) in [5.41, 5.74) is 0.344. The molecule has 0 heterocycles. The maximum atomic E-state index is 9.67. The molecule has 0 aliphatic carbocycles. The van der Waals surface area contributed by atoms with Gasteiger partial charge in [0.05, 0.1) is 16.7 Å². The van der Waals surface area contributed by atoms with Crippen molar-refractivity contribution in [2.45, 2.75) is 32.9 Å². The first-order chi connectivity index (χ1) is 8.33. The highest BCUT2D eigenvalue weighted by molar-refractivity contribution is 9.11. The van der Waals surface area contributed by atoms with Gasteiger partial charge in [-0.25, -0.2) is 0 Å². The molecule has 2 N–H and O–H groups in total. The van der Waals surface area contributed by atoms with E-state index in [1.54, 1.807) is 13.8 Å². The summed E-state index contributed by atoms with van der Waals surface area (Å²) >= 11 is 6.97. The Morgan fingerprint density at radius 1 is 1.33 bits per heavy atom. The predicted molar refractivity (Wildman–Crippen MR) is 81.0 cm³/mol. The molecule has 0 unspecified atom stereocenters. The van der Waals surface area contributed by atoms with Crippen LogP contribution in [0, 0.1) is 0 Å². The van der Waals surface area contributed by atoms with E-state index in [1.807, 2.05) is 19.1 Å². The Bertz CT molecular complexity index is 403. The summed E-state index contributed by atoms with van der Waals surface area (Å²) in [6, 6.07) is 3.98. The third kappa shape index (κ3) is 5.26. The zero-order valence-corrected chi connectivity index (χ0v) is 14.1. The van der Waals surface area contributed by atoms with E-state index >= 15 is 0 Å². The Balaban J connectivity index is 2.79. The third-order valence-corrected chi connectivity index (χ3v) is 3.29. The fourth-order valence-corrected chi connectivity index (χ4v) is 2.98. The van der Waals surface area contributed by atoms with Crippen molar-refractivity contribution in [2.24, 2.45) is 0 Å². The molecule has 102 valence electrons. The number of halogens is 2. The molecule has 0 saturated carbocycles. The molecule has 0 aliphatic heterocycles. The summed E-state index contributed by atoms with van der Waals surface area (Å²) in [4.78, 5) is 0. The Kier molecular flexibility index (Phi) is 6.11. The molecule has 1 rings (SSSR count). The molecule has 3 nitrogen and oxygen atoms in total. The second kappa shape index (κ2) is 6.89. The van der Waals surface area contributed by atoms with Crippen molar-refractivity contribution in [2.75, 3.05) is 13.2 Å². The predicted octanol–water partition coefficient (Wildman–Crippen LogP) is 3.47. The van der Waals surface area contributed by atoms with Crippen molar-refractivity contribution in [3.8, 4) is 5.75 Å². The maximum absolute atomic E-state index is 9.67. The molecular weight excluding hydrogens is 362 g/mol. The Morgan fingerprint density at radius 2 is 2.00 bits per heavy atom. The first-order valence-electron chi connectivity index (χ1n) is 5.87. The summed E-state index contributed by atoms with van der Waals surface area (Å²) in [5.74, 6) is 0.851. The van der Waals surface area contributed by atoms with E-state index in [0.717, 1.165) is 20.3 Å². The zero-order chi connectivity index (χ0) is 13.8. The van der Waals surface area contributed by atoms with Gasteiger partial charge >= 0.3 is 0 Å². The fourth-order valence-electron chi connectivity index (χ4n) is 1.55. The molecule has 0 amide bonds. The van der Waals surface area contributed by atoms with E-state index in [9.17, 15) is 5.11 Å². The van der Waals surface area contributed by atoms with Crippen molar-refractivity contribution in [3.05, 3.63) is 26.6 Å². The summed E-state index contributed by atoms with van der Waals surface area (Å²) in [5, 5.41) is 12.9. The van der Waals surface area contributed by atoms with Crippen molar-refractivity contribution >= 4 is 31.9 Å². The van der Waals surface area contributed by atoms with Gasteiger partial charge in [-0.1, -0.05) is 15.9 Å². The van der Waals surface area contributed by atoms with E-state index in [0.29, 0.717) is 19.7 Å². The van der Waals surface area contributed by atoms with Crippen LogP contribution in [-0.2, 0) is 6.54 Å². The van der Waals surface area contributed by atoms with Gasteiger partial charge in [-0.2, -0.15) is 0 Å². The second-order valence-corrected chi connectivity index (χ2v) is 6.49. The van der Waals surface area contributed by atoms with E-state index in [2.05, 4.69) is 37.2 Å². The fraction of sp³-hybridized carbons (Fsp3) is 0.538. The van der Waals surface area contributed by atoms with Gasteiger partial charge in [-0.15, -0.1) is 0 Å². The highest BCUT2D eigenvalue weighted by atomic mass is 79.9. The molecule has 0 radical (unpaired) electrons. The van der Waals surface area contributed by atoms with E-state index in [-0.39, 0.29) is 0 Å². The number of aliphatic hydroxyl groups is 1. The highest BCUT2D eigenvalue weighted by Gasteiger charge is 2.13. The molecule has 5 heteroatoms.